The third-order valence-corrected chi connectivity index (χ3v) is 3.84. The molecule has 2 aromatic carbocycles. The summed E-state index contributed by atoms with van der Waals surface area (Å²) in [7, 11) is 0. The molecule has 0 saturated carbocycles. The number of halogens is 2. The normalized spacial score (nSPS) is 14.9. The number of alkyl halides is 1. The number of carbonyl (C=O) groups excluding carboxylic acids is 1. The zero-order chi connectivity index (χ0) is 15.0. The van der Waals surface area contributed by atoms with Gasteiger partial charge >= 0.3 is 0 Å². The topological polar surface area (TPSA) is 38.3 Å². The predicted octanol–water partition coefficient (Wildman–Crippen LogP) is 3.79. The monoisotopic (exact) mass is 305 g/mol. The molecule has 1 unspecified atom stereocenters. The number of anilines is 1. The van der Waals surface area contributed by atoms with Crippen LogP contribution in [-0.4, -0.2) is 12.5 Å². The molecule has 0 aromatic heterocycles. The Hall–Kier alpha value is -2.07. The van der Waals surface area contributed by atoms with Crippen LogP contribution in [0.5, 0.6) is 5.75 Å². The molecule has 0 saturated heterocycles. The van der Waals surface area contributed by atoms with E-state index >= 15 is 0 Å². The van der Waals surface area contributed by atoms with Crippen LogP contribution < -0.4 is 10.1 Å². The molecule has 3 nitrogen and oxygen atoms in total. The fourth-order valence-corrected chi connectivity index (χ4v) is 2.60. The van der Waals surface area contributed by atoms with Crippen LogP contribution in [-0.2, 0) is 4.79 Å². The molecular formula is C16H13ClFNO2. The summed E-state index contributed by atoms with van der Waals surface area (Å²) in [5.74, 6) is 0.0260. The van der Waals surface area contributed by atoms with E-state index in [4.69, 9.17) is 16.3 Å². The lowest BCUT2D eigenvalue weighted by atomic mass is 10.0. The summed E-state index contributed by atoms with van der Waals surface area (Å²) >= 11 is 6.39. The van der Waals surface area contributed by atoms with Gasteiger partial charge in [-0.05, 0) is 30.7 Å². The zero-order valence-electron chi connectivity index (χ0n) is 11.3. The summed E-state index contributed by atoms with van der Waals surface area (Å²) in [6.07, 6.45) is 0. The SMILES string of the molecule is Cc1ccc(F)c(C(Cl)c2ccc3c(c2)NC(=O)CO3)c1. The van der Waals surface area contributed by atoms with Crippen LogP contribution in [0.25, 0.3) is 0 Å². The van der Waals surface area contributed by atoms with Crippen molar-refractivity contribution in [3.05, 3.63) is 58.9 Å². The minimum absolute atomic E-state index is 0.00313. The van der Waals surface area contributed by atoms with Gasteiger partial charge in [-0.3, -0.25) is 4.79 Å². The number of amides is 1. The van der Waals surface area contributed by atoms with E-state index < -0.39 is 5.38 Å². The van der Waals surface area contributed by atoms with Gasteiger partial charge in [-0.25, -0.2) is 4.39 Å². The molecule has 0 fully saturated rings. The van der Waals surface area contributed by atoms with Crippen molar-refractivity contribution in [1.82, 2.24) is 0 Å². The number of rotatable bonds is 2. The van der Waals surface area contributed by atoms with Gasteiger partial charge < -0.3 is 10.1 Å². The first-order valence-electron chi connectivity index (χ1n) is 6.51. The van der Waals surface area contributed by atoms with Crippen LogP contribution >= 0.6 is 11.6 Å². The number of nitrogens with one attached hydrogen (secondary N) is 1. The molecule has 1 amide bonds. The molecule has 2 aromatic rings. The fraction of sp³-hybridized carbons (Fsp3) is 0.188. The van der Waals surface area contributed by atoms with Crippen LogP contribution in [0, 0.1) is 12.7 Å². The highest BCUT2D eigenvalue weighted by Crippen LogP contribution is 2.36. The molecule has 1 atom stereocenters. The largest absolute Gasteiger partial charge is 0.482 e. The highest BCUT2D eigenvalue weighted by Gasteiger charge is 2.20. The zero-order valence-corrected chi connectivity index (χ0v) is 12.1. The summed E-state index contributed by atoms with van der Waals surface area (Å²) in [5, 5.41) is 2.09. The summed E-state index contributed by atoms with van der Waals surface area (Å²) in [4.78, 5) is 11.3. The van der Waals surface area contributed by atoms with Crippen LogP contribution in [0.15, 0.2) is 36.4 Å². The first-order valence-corrected chi connectivity index (χ1v) is 6.95. The van der Waals surface area contributed by atoms with Gasteiger partial charge in [0.05, 0.1) is 11.1 Å². The quantitative estimate of drug-likeness (QED) is 0.857. The van der Waals surface area contributed by atoms with Crippen molar-refractivity contribution in [3.8, 4) is 5.75 Å². The molecule has 0 aliphatic carbocycles. The number of fused-ring (bicyclic) bond motifs is 1. The minimum Gasteiger partial charge on any atom is -0.482 e. The third-order valence-electron chi connectivity index (χ3n) is 3.35. The van der Waals surface area contributed by atoms with E-state index in [1.165, 1.54) is 6.07 Å². The van der Waals surface area contributed by atoms with Crippen molar-refractivity contribution in [1.29, 1.82) is 0 Å². The second kappa shape index (κ2) is 5.37. The fourth-order valence-electron chi connectivity index (χ4n) is 2.30. The smallest absolute Gasteiger partial charge is 0.262 e. The number of aryl methyl sites for hydroxylation is 1. The molecule has 1 aliphatic rings. The van der Waals surface area contributed by atoms with E-state index in [1.807, 2.05) is 6.92 Å². The summed E-state index contributed by atoms with van der Waals surface area (Å²) in [6.45, 7) is 1.89. The number of hydrogen-bond donors (Lipinski definition) is 1. The Kier molecular flexibility index (Phi) is 3.55. The molecule has 0 bridgehead atoms. The van der Waals surface area contributed by atoms with Gasteiger partial charge in [-0.15, -0.1) is 11.6 Å². The molecule has 1 N–H and O–H groups in total. The lowest BCUT2D eigenvalue weighted by Gasteiger charge is -2.20. The maximum atomic E-state index is 13.9. The molecule has 3 rings (SSSR count). The van der Waals surface area contributed by atoms with Crippen LogP contribution in [0.3, 0.4) is 0 Å². The third kappa shape index (κ3) is 2.72. The Bertz CT molecular complexity index is 717. The number of hydrogen-bond acceptors (Lipinski definition) is 2. The van der Waals surface area contributed by atoms with Gasteiger partial charge in [0.1, 0.15) is 11.6 Å². The van der Waals surface area contributed by atoms with E-state index in [-0.39, 0.29) is 18.3 Å². The van der Waals surface area contributed by atoms with Crippen molar-refractivity contribution in [2.45, 2.75) is 12.3 Å². The van der Waals surface area contributed by atoms with Crippen molar-refractivity contribution < 1.29 is 13.9 Å². The summed E-state index contributed by atoms with van der Waals surface area (Å²) < 4.78 is 19.2. The Labute approximate surface area is 126 Å². The van der Waals surface area contributed by atoms with Gasteiger partial charge in [-0.1, -0.05) is 23.8 Å². The van der Waals surface area contributed by atoms with E-state index in [2.05, 4.69) is 5.32 Å². The summed E-state index contributed by atoms with van der Waals surface area (Å²) in [5.41, 5.74) is 2.61. The minimum atomic E-state index is -0.631. The predicted molar refractivity (Wildman–Crippen MR) is 79.4 cm³/mol. The van der Waals surface area contributed by atoms with Crippen molar-refractivity contribution in [3.63, 3.8) is 0 Å². The second-order valence-electron chi connectivity index (χ2n) is 4.98. The van der Waals surface area contributed by atoms with E-state index in [0.717, 1.165) is 5.56 Å². The molecule has 0 radical (unpaired) electrons. The molecule has 1 aliphatic heterocycles. The molecule has 0 spiro atoms. The van der Waals surface area contributed by atoms with Gasteiger partial charge in [0.15, 0.2) is 6.61 Å². The van der Waals surface area contributed by atoms with E-state index in [0.29, 0.717) is 22.6 Å². The van der Waals surface area contributed by atoms with Crippen molar-refractivity contribution in [2.24, 2.45) is 0 Å². The Morgan fingerprint density at radius 1 is 1.29 bits per heavy atom. The lowest BCUT2D eigenvalue weighted by Crippen LogP contribution is -2.25. The highest BCUT2D eigenvalue weighted by molar-refractivity contribution is 6.22. The standard InChI is InChI=1S/C16H13ClFNO2/c1-9-2-4-12(18)11(6-9)16(17)10-3-5-14-13(7-10)19-15(20)8-21-14/h2-7,16H,8H2,1H3,(H,19,20). The van der Waals surface area contributed by atoms with E-state index in [9.17, 15) is 9.18 Å². The first-order chi connectivity index (χ1) is 10.0. The average molecular weight is 306 g/mol. The van der Waals surface area contributed by atoms with Gasteiger partial charge in [-0.2, -0.15) is 0 Å². The van der Waals surface area contributed by atoms with Gasteiger partial charge in [0.2, 0.25) is 0 Å². The van der Waals surface area contributed by atoms with E-state index in [1.54, 1.807) is 30.3 Å². The number of benzene rings is 2. The lowest BCUT2D eigenvalue weighted by molar-refractivity contribution is -0.118. The van der Waals surface area contributed by atoms with Crippen molar-refractivity contribution >= 4 is 23.2 Å². The maximum Gasteiger partial charge on any atom is 0.262 e. The Morgan fingerprint density at radius 3 is 2.90 bits per heavy atom. The number of ether oxygens (including phenoxy) is 1. The van der Waals surface area contributed by atoms with Crippen LogP contribution in [0.4, 0.5) is 10.1 Å². The first kappa shape index (κ1) is 13.9. The van der Waals surface area contributed by atoms with Crippen LogP contribution in [0.1, 0.15) is 22.1 Å². The number of carbonyl (C=O) groups is 1. The molecular weight excluding hydrogens is 293 g/mol. The van der Waals surface area contributed by atoms with Crippen molar-refractivity contribution in [2.75, 3.05) is 11.9 Å². The Balaban J connectivity index is 1.98. The molecule has 21 heavy (non-hydrogen) atoms. The second-order valence-corrected chi connectivity index (χ2v) is 5.42. The van der Waals surface area contributed by atoms with Crippen LogP contribution in [0.2, 0.25) is 0 Å². The molecule has 1 heterocycles. The van der Waals surface area contributed by atoms with Gasteiger partial charge in [0.25, 0.3) is 5.91 Å². The summed E-state index contributed by atoms with van der Waals surface area (Å²) in [6, 6.07) is 10.0. The molecule has 5 heteroatoms. The highest BCUT2D eigenvalue weighted by atomic mass is 35.5. The van der Waals surface area contributed by atoms with Gasteiger partial charge in [0, 0.05) is 5.56 Å². The molecule has 108 valence electrons. The average Bonchev–Trinajstić information content (AvgIpc) is 2.48. The Morgan fingerprint density at radius 2 is 2.10 bits per heavy atom. The maximum absolute atomic E-state index is 13.9.